The molecule has 2 amide bonds. The summed E-state index contributed by atoms with van der Waals surface area (Å²) in [5.41, 5.74) is 0.683. The Kier molecular flexibility index (Phi) is 7.28. The lowest BCUT2D eigenvalue weighted by molar-refractivity contribution is -0.131. The van der Waals surface area contributed by atoms with Gasteiger partial charge in [-0.2, -0.15) is 0 Å². The van der Waals surface area contributed by atoms with Crippen LogP contribution in [0.1, 0.15) is 16.8 Å². The Morgan fingerprint density at radius 1 is 1.03 bits per heavy atom. The van der Waals surface area contributed by atoms with E-state index in [-0.39, 0.29) is 45.3 Å². The lowest BCUT2D eigenvalue weighted by atomic mass is 10.1. The van der Waals surface area contributed by atoms with E-state index in [0.29, 0.717) is 26.2 Å². The molecule has 0 atom stereocenters. The fraction of sp³-hybridized carbons (Fsp3) is 0.300. The van der Waals surface area contributed by atoms with Crippen LogP contribution in [0.5, 0.6) is 5.75 Å². The first-order valence-electron chi connectivity index (χ1n) is 9.21. The summed E-state index contributed by atoms with van der Waals surface area (Å²) in [6.45, 7) is 2.39. The van der Waals surface area contributed by atoms with Crippen LogP contribution in [0, 0.1) is 5.82 Å². The third-order valence-corrected chi connectivity index (χ3v) is 5.90. The van der Waals surface area contributed by atoms with Gasteiger partial charge in [0, 0.05) is 44.8 Å². The van der Waals surface area contributed by atoms with Crippen LogP contribution in [0.15, 0.2) is 30.3 Å². The van der Waals surface area contributed by atoms with Gasteiger partial charge in [0.25, 0.3) is 5.91 Å². The van der Waals surface area contributed by atoms with Crippen LogP contribution in [-0.4, -0.2) is 54.5 Å². The number of carbonyl (C=O) groups is 2. The van der Waals surface area contributed by atoms with E-state index >= 15 is 0 Å². The Morgan fingerprint density at radius 3 is 2.30 bits per heavy atom. The molecule has 2 aromatic rings. The average Bonchev–Trinajstić information content (AvgIpc) is 2.73. The van der Waals surface area contributed by atoms with Crippen LogP contribution in [-0.2, 0) is 4.79 Å². The molecule has 0 aromatic heterocycles. The first kappa shape index (κ1) is 22.5. The minimum atomic E-state index is -0.671. The van der Waals surface area contributed by atoms with Crippen molar-refractivity contribution in [3.63, 3.8) is 0 Å². The Morgan fingerprint density at radius 2 is 1.67 bits per heavy atom. The second kappa shape index (κ2) is 9.73. The van der Waals surface area contributed by atoms with E-state index in [1.165, 1.54) is 18.2 Å². The number of nitrogens with zero attached hydrogens (tertiary/aromatic N) is 2. The van der Waals surface area contributed by atoms with Crippen LogP contribution >= 0.6 is 34.8 Å². The number of anilines is 1. The third kappa shape index (κ3) is 5.09. The standard InChI is InChI=1S/C20H19Cl3FN3O3/c21-14-11-15(22)19(29)17(18(14)23)20(30)25-6-5-16(28)27-9-7-26(8-10-27)13-3-1-12(24)2-4-13/h1-4,11,29H,5-10H2,(H,25,30). The lowest BCUT2D eigenvalue weighted by Crippen LogP contribution is -2.49. The van der Waals surface area contributed by atoms with Crippen LogP contribution in [0.2, 0.25) is 15.1 Å². The van der Waals surface area contributed by atoms with Gasteiger partial charge in [-0.3, -0.25) is 9.59 Å². The van der Waals surface area contributed by atoms with Gasteiger partial charge in [-0.15, -0.1) is 0 Å². The van der Waals surface area contributed by atoms with Crippen molar-refractivity contribution in [3.8, 4) is 5.75 Å². The highest BCUT2D eigenvalue weighted by Crippen LogP contribution is 2.38. The van der Waals surface area contributed by atoms with E-state index in [4.69, 9.17) is 34.8 Å². The highest BCUT2D eigenvalue weighted by atomic mass is 35.5. The molecule has 0 radical (unpaired) electrons. The number of hydrogen-bond acceptors (Lipinski definition) is 4. The SMILES string of the molecule is O=C(NCCC(=O)N1CCN(c2ccc(F)cc2)CC1)c1c(O)c(Cl)cc(Cl)c1Cl. The van der Waals surface area contributed by atoms with E-state index in [0.717, 1.165) is 5.69 Å². The van der Waals surface area contributed by atoms with Crippen LogP contribution in [0.4, 0.5) is 10.1 Å². The summed E-state index contributed by atoms with van der Waals surface area (Å²) in [6, 6.07) is 7.49. The van der Waals surface area contributed by atoms with E-state index in [9.17, 15) is 19.1 Å². The number of piperazine rings is 1. The van der Waals surface area contributed by atoms with Crippen LogP contribution in [0.3, 0.4) is 0 Å². The van der Waals surface area contributed by atoms with E-state index in [2.05, 4.69) is 10.2 Å². The van der Waals surface area contributed by atoms with Gasteiger partial charge in [-0.05, 0) is 30.3 Å². The lowest BCUT2D eigenvalue weighted by Gasteiger charge is -2.36. The fourth-order valence-electron chi connectivity index (χ4n) is 3.19. The molecular weight excluding hydrogens is 456 g/mol. The van der Waals surface area contributed by atoms with Gasteiger partial charge in [-0.25, -0.2) is 4.39 Å². The van der Waals surface area contributed by atoms with Gasteiger partial charge < -0.3 is 20.2 Å². The quantitative estimate of drug-likeness (QED) is 0.644. The summed E-state index contributed by atoms with van der Waals surface area (Å²) in [7, 11) is 0. The number of phenols is 1. The molecule has 1 aliphatic rings. The summed E-state index contributed by atoms with van der Waals surface area (Å²) in [5.74, 6) is -1.53. The Bertz CT molecular complexity index is 922. The molecule has 3 rings (SSSR count). The average molecular weight is 475 g/mol. The van der Waals surface area contributed by atoms with Crippen molar-refractivity contribution in [1.82, 2.24) is 10.2 Å². The van der Waals surface area contributed by atoms with Crippen molar-refractivity contribution in [1.29, 1.82) is 0 Å². The number of carbonyl (C=O) groups excluding carboxylic acids is 2. The molecular formula is C20H19Cl3FN3O3. The molecule has 1 heterocycles. The molecule has 1 saturated heterocycles. The van der Waals surface area contributed by atoms with Crippen LogP contribution < -0.4 is 10.2 Å². The number of halogens is 4. The van der Waals surface area contributed by atoms with E-state index in [1.54, 1.807) is 17.0 Å². The first-order valence-corrected chi connectivity index (χ1v) is 10.3. The molecule has 10 heteroatoms. The maximum Gasteiger partial charge on any atom is 0.256 e. The zero-order chi connectivity index (χ0) is 21.8. The van der Waals surface area contributed by atoms with Gasteiger partial charge >= 0.3 is 0 Å². The molecule has 30 heavy (non-hydrogen) atoms. The van der Waals surface area contributed by atoms with Crippen molar-refractivity contribution in [2.75, 3.05) is 37.6 Å². The Hall–Kier alpha value is -2.22. The molecule has 0 saturated carbocycles. The number of phenolic OH excluding ortho intramolecular Hbond substituents is 1. The molecule has 1 fully saturated rings. The Labute approximate surface area is 188 Å². The molecule has 1 aliphatic heterocycles. The normalized spacial score (nSPS) is 14.0. The number of hydrogen-bond donors (Lipinski definition) is 2. The molecule has 0 spiro atoms. The number of benzene rings is 2. The van der Waals surface area contributed by atoms with E-state index in [1.807, 2.05) is 0 Å². The Balaban J connectivity index is 1.49. The second-order valence-electron chi connectivity index (χ2n) is 6.73. The maximum absolute atomic E-state index is 13.1. The molecule has 0 unspecified atom stereocenters. The molecule has 2 N–H and O–H groups in total. The highest BCUT2D eigenvalue weighted by Gasteiger charge is 2.23. The maximum atomic E-state index is 13.1. The third-order valence-electron chi connectivity index (χ3n) is 4.82. The molecule has 6 nitrogen and oxygen atoms in total. The minimum absolute atomic E-state index is 0.0414. The number of amides is 2. The molecule has 0 aliphatic carbocycles. The zero-order valence-electron chi connectivity index (χ0n) is 15.8. The largest absolute Gasteiger partial charge is 0.505 e. The monoisotopic (exact) mass is 473 g/mol. The van der Waals surface area contributed by atoms with Crippen molar-refractivity contribution in [2.24, 2.45) is 0 Å². The predicted octanol–water partition coefficient (Wildman–Crippen LogP) is 3.96. The molecule has 160 valence electrons. The minimum Gasteiger partial charge on any atom is -0.505 e. The molecule has 0 bridgehead atoms. The van der Waals surface area contributed by atoms with Gasteiger partial charge in [-0.1, -0.05) is 34.8 Å². The van der Waals surface area contributed by atoms with Crippen LogP contribution in [0.25, 0.3) is 0 Å². The van der Waals surface area contributed by atoms with Gasteiger partial charge in [0.1, 0.15) is 17.1 Å². The second-order valence-corrected chi connectivity index (χ2v) is 7.92. The number of nitrogens with one attached hydrogen (secondary N) is 1. The summed E-state index contributed by atoms with van der Waals surface area (Å²) >= 11 is 17.7. The number of aromatic hydroxyl groups is 1. The molecule has 2 aromatic carbocycles. The first-order chi connectivity index (χ1) is 14.3. The summed E-state index contributed by atoms with van der Waals surface area (Å²) in [4.78, 5) is 28.6. The predicted molar refractivity (Wildman–Crippen MR) is 115 cm³/mol. The van der Waals surface area contributed by atoms with Crippen molar-refractivity contribution >= 4 is 52.3 Å². The fourth-order valence-corrected chi connectivity index (χ4v) is 3.88. The number of rotatable bonds is 5. The summed E-state index contributed by atoms with van der Waals surface area (Å²) in [6.07, 6.45) is 0.0922. The summed E-state index contributed by atoms with van der Waals surface area (Å²) < 4.78 is 13.1. The van der Waals surface area contributed by atoms with Crippen molar-refractivity contribution < 1.29 is 19.1 Å². The van der Waals surface area contributed by atoms with Crippen molar-refractivity contribution in [2.45, 2.75) is 6.42 Å². The van der Waals surface area contributed by atoms with Gasteiger partial charge in [0.15, 0.2) is 0 Å². The zero-order valence-corrected chi connectivity index (χ0v) is 18.1. The topological polar surface area (TPSA) is 72.9 Å². The van der Waals surface area contributed by atoms with Gasteiger partial charge in [0.2, 0.25) is 5.91 Å². The smallest absolute Gasteiger partial charge is 0.256 e. The summed E-state index contributed by atoms with van der Waals surface area (Å²) in [5, 5.41) is 12.4. The van der Waals surface area contributed by atoms with Crippen molar-refractivity contribution in [3.05, 3.63) is 56.8 Å². The van der Waals surface area contributed by atoms with E-state index < -0.39 is 11.7 Å². The van der Waals surface area contributed by atoms with Gasteiger partial charge in [0.05, 0.1) is 15.1 Å². The highest BCUT2D eigenvalue weighted by molar-refractivity contribution is 6.45.